The number of ether oxygens (including phenoxy) is 1. The monoisotopic (exact) mass is 354 g/mol. The molecule has 0 saturated heterocycles. The maximum absolute atomic E-state index is 11.5. The fraction of sp³-hybridized carbons (Fsp3) is 0.222. The second-order valence-corrected chi connectivity index (χ2v) is 6.17. The van der Waals surface area contributed by atoms with E-state index in [0.29, 0.717) is 11.0 Å². The predicted molar refractivity (Wildman–Crippen MR) is 96.7 cm³/mol. The van der Waals surface area contributed by atoms with Crippen LogP contribution in [0.15, 0.2) is 53.9 Å². The molecule has 0 fully saturated rings. The molecule has 0 atom stereocenters. The van der Waals surface area contributed by atoms with Gasteiger partial charge >= 0.3 is 5.97 Å². The minimum atomic E-state index is -0.300. The number of nitrogens with zero attached hydrogens (tertiary/aromatic N) is 4. The van der Waals surface area contributed by atoms with Gasteiger partial charge in [-0.2, -0.15) is 0 Å². The van der Waals surface area contributed by atoms with Gasteiger partial charge in [0.1, 0.15) is 0 Å². The van der Waals surface area contributed by atoms with Crippen LogP contribution in [0.4, 0.5) is 0 Å². The van der Waals surface area contributed by atoms with Crippen LogP contribution >= 0.6 is 11.8 Å². The zero-order valence-corrected chi connectivity index (χ0v) is 14.9. The Kier molecular flexibility index (Phi) is 5.45. The highest BCUT2D eigenvalue weighted by Gasteiger charge is 2.19. The third kappa shape index (κ3) is 3.71. The summed E-state index contributed by atoms with van der Waals surface area (Å²) in [4.78, 5) is 15.7. The lowest BCUT2D eigenvalue weighted by molar-refractivity contribution is -0.137. The molecule has 0 saturated carbocycles. The van der Waals surface area contributed by atoms with E-state index in [1.54, 1.807) is 12.4 Å². The Balaban J connectivity index is 2.11. The van der Waals surface area contributed by atoms with Gasteiger partial charge in [-0.3, -0.25) is 14.3 Å². The third-order valence-corrected chi connectivity index (χ3v) is 4.62. The molecule has 7 heteroatoms. The molecule has 1 aromatic carbocycles. The van der Waals surface area contributed by atoms with Crippen molar-refractivity contribution in [3.63, 3.8) is 0 Å². The highest BCUT2D eigenvalue weighted by atomic mass is 32.2. The highest BCUT2D eigenvalue weighted by molar-refractivity contribution is 7.99. The molecule has 0 unspecified atom stereocenters. The van der Waals surface area contributed by atoms with Gasteiger partial charge < -0.3 is 4.74 Å². The van der Waals surface area contributed by atoms with Gasteiger partial charge in [0.05, 0.1) is 18.6 Å². The summed E-state index contributed by atoms with van der Waals surface area (Å²) < 4.78 is 6.70. The Bertz CT molecular complexity index is 865. The van der Waals surface area contributed by atoms with E-state index in [-0.39, 0.29) is 11.7 Å². The molecule has 0 aliphatic carbocycles. The first kappa shape index (κ1) is 17.2. The first-order valence-electron chi connectivity index (χ1n) is 7.88. The summed E-state index contributed by atoms with van der Waals surface area (Å²) in [5.41, 5.74) is 3.04. The van der Waals surface area contributed by atoms with Crippen molar-refractivity contribution in [2.75, 3.05) is 12.9 Å². The standard InChI is InChI=1S/C18H18N4O2S/c1-3-13-7-4-5-9-15(13)22-17(14-8-6-10-19-11-14)20-21-18(22)25-12-16(23)24-2/h4-11H,3,12H2,1-2H3. The van der Waals surface area contributed by atoms with Crippen molar-refractivity contribution >= 4 is 17.7 Å². The lowest BCUT2D eigenvalue weighted by atomic mass is 10.1. The van der Waals surface area contributed by atoms with E-state index in [2.05, 4.69) is 28.2 Å². The summed E-state index contributed by atoms with van der Waals surface area (Å²) in [6, 6.07) is 11.9. The first-order valence-corrected chi connectivity index (χ1v) is 8.86. The molecule has 128 valence electrons. The number of esters is 1. The summed E-state index contributed by atoms with van der Waals surface area (Å²) in [5.74, 6) is 0.572. The minimum absolute atomic E-state index is 0.177. The Morgan fingerprint density at radius 2 is 2.04 bits per heavy atom. The Hall–Kier alpha value is -2.67. The van der Waals surface area contributed by atoms with Gasteiger partial charge in [0.25, 0.3) is 0 Å². The molecule has 2 heterocycles. The molecular weight excluding hydrogens is 336 g/mol. The van der Waals surface area contributed by atoms with E-state index in [9.17, 15) is 4.79 Å². The number of benzene rings is 1. The number of para-hydroxylation sites is 1. The SMILES string of the molecule is CCc1ccccc1-n1c(SCC(=O)OC)nnc1-c1cccnc1. The van der Waals surface area contributed by atoms with E-state index < -0.39 is 0 Å². The van der Waals surface area contributed by atoms with Crippen LogP contribution < -0.4 is 0 Å². The van der Waals surface area contributed by atoms with Gasteiger partial charge in [0, 0.05) is 18.0 Å². The Labute approximate surface area is 150 Å². The molecule has 0 aliphatic rings. The number of pyridine rings is 1. The first-order chi connectivity index (χ1) is 12.2. The van der Waals surface area contributed by atoms with Crippen LogP contribution in [-0.2, 0) is 16.0 Å². The van der Waals surface area contributed by atoms with Gasteiger partial charge in [0.15, 0.2) is 11.0 Å². The maximum Gasteiger partial charge on any atom is 0.316 e. The average Bonchev–Trinajstić information content (AvgIpc) is 3.10. The van der Waals surface area contributed by atoms with Crippen LogP contribution in [0.25, 0.3) is 17.1 Å². The molecule has 2 aromatic heterocycles. The predicted octanol–water partition coefficient (Wildman–Crippen LogP) is 3.16. The van der Waals surface area contributed by atoms with E-state index in [1.807, 2.05) is 34.9 Å². The number of carbonyl (C=O) groups is 1. The lowest BCUT2D eigenvalue weighted by Crippen LogP contribution is -2.07. The van der Waals surface area contributed by atoms with Crippen molar-refractivity contribution < 1.29 is 9.53 Å². The molecule has 0 radical (unpaired) electrons. The summed E-state index contributed by atoms with van der Waals surface area (Å²) in [6.07, 6.45) is 4.35. The van der Waals surface area contributed by atoms with Crippen LogP contribution in [-0.4, -0.2) is 38.6 Å². The van der Waals surface area contributed by atoms with Crippen LogP contribution in [0.1, 0.15) is 12.5 Å². The van der Waals surface area contributed by atoms with Crippen molar-refractivity contribution in [2.45, 2.75) is 18.5 Å². The molecule has 0 spiro atoms. The number of rotatable bonds is 6. The number of hydrogen-bond acceptors (Lipinski definition) is 6. The number of aryl methyl sites for hydroxylation is 1. The summed E-state index contributed by atoms with van der Waals surface area (Å²) >= 11 is 1.30. The van der Waals surface area contributed by atoms with Crippen LogP contribution in [0.5, 0.6) is 0 Å². The second-order valence-electron chi connectivity index (χ2n) is 5.23. The van der Waals surface area contributed by atoms with Crippen molar-refractivity contribution in [1.29, 1.82) is 0 Å². The summed E-state index contributed by atoms with van der Waals surface area (Å²) in [5, 5.41) is 9.28. The topological polar surface area (TPSA) is 69.9 Å². The van der Waals surface area contributed by atoms with E-state index in [1.165, 1.54) is 24.4 Å². The van der Waals surface area contributed by atoms with Gasteiger partial charge in [-0.1, -0.05) is 36.9 Å². The normalized spacial score (nSPS) is 10.6. The van der Waals surface area contributed by atoms with Gasteiger partial charge in [-0.05, 0) is 30.2 Å². The Morgan fingerprint density at radius 1 is 1.20 bits per heavy atom. The maximum atomic E-state index is 11.5. The highest BCUT2D eigenvalue weighted by Crippen LogP contribution is 2.29. The van der Waals surface area contributed by atoms with Gasteiger partial charge in [0.2, 0.25) is 0 Å². The number of thioether (sulfide) groups is 1. The zero-order valence-electron chi connectivity index (χ0n) is 14.0. The van der Waals surface area contributed by atoms with Crippen molar-refractivity contribution in [2.24, 2.45) is 0 Å². The van der Waals surface area contributed by atoms with Crippen molar-refractivity contribution in [1.82, 2.24) is 19.7 Å². The lowest BCUT2D eigenvalue weighted by Gasteiger charge is -2.13. The van der Waals surface area contributed by atoms with E-state index >= 15 is 0 Å². The number of aromatic nitrogens is 4. The molecule has 0 aliphatic heterocycles. The van der Waals surface area contributed by atoms with Crippen molar-refractivity contribution in [3.05, 3.63) is 54.4 Å². The quantitative estimate of drug-likeness (QED) is 0.500. The molecule has 3 rings (SSSR count). The van der Waals surface area contributed by atoms with Crippen LogP contribution in [0.2, 0.25) is 0 Å². The number of carbonyl (C=O) groups excluding carboxylic acids is 1. The molecule has 3 aromatic rings. The van der Waals surface area contributed by atoms with Gasteiger partial charge in [-0.15, -0.1) is 10.2 Å². The smallest absolute Gasteiger partial charge is 0.316 e. The zero-order chi connectivity index (χ0) is 17.6. The fourth-order valence-electron chi connectivity index (χ4n) is 2.47. The third-order valence-electron chi connectivity index (χ3n) is 3.71. The molecule has 0 bridgehead atoms. The second kappa shape index (κ2) is 7.94. The molecule has 6 nitrogen and oxygen atoms in total. The largest absolute Gasteiger partial charge is 0.468 e. The minimum Gasteiger partial charge on any atom is -0.468 e. The molecule has 25 heavy (non-hydrogen) atoms. The van der Waals surface area contributed by atoms with Crippen molar-refractivity contribution in [3.8, 4) is 17.1 Å². The van der Waals surface area contributed by atoms with E-state index in [0.717, 1.165) is 17.7 Å². The number of methoxy groups -OCH3 is 1. The van der Waals surface area contributed by atoms with E-state index in [4.69, 9.17) is 4.74 Å². The summed E-state index contributed by atoms with van der Waals surface area (Å²) in [6.45, 7) is 2.11. The Morgan fingerprint density at radius 3 is 2.76 bits per heavy atom. The van der Waals surface area contributed by atoms with Gasteiger partial charge in [-0.25, -0.2) is 0 Å². The summed E-state index contributed by atoms with van der Waals surface area (Å²) in [7, 11) is 1.38. The number of hydrogen-bond donors (Lipinski definition) is 0. The van der Waals surface area contributed by atoms with Crippen LogP contribution in [0.3, 0.4) is 0 Å². The van der Waals surface area contributed by atoms with Crippen LogP contribution in [0, 0.1) is 0 Å². The average molecular weight is 354 g/mol. The molecular formula is C18H18N4O2S. The molecule has 0 amide bonds. The molecule has 0 N–H and O–H groups in total. The fourth-order valence-corrected chi connectivity index (χ4v) is 3.25.